The number of nitrogens with one attached hydrogen (secondary N) is 2. The van der Waals surface area contributed by atoms with E-state index >= 15 is 4.39 Å². The zero-order valence-corrected chi connectivity index (χ0v) is 21.8. The van der Waals surface area contributed by atoms with Crippen molar-refractivity contribution in [1.29, 1.82) is 0 Å². The zero-order chi connectivity index (χ0) is 25.7. The standard InChI is InChI=1S/C28H34FNO3.C2H7N/c1-26-11-12-27(29)16-20-15-21(31)4-2-17(20)8-10-28(27,33)24(26)7-6-23(26)19-3-5-22-18(14-19)9-13-30-25(22)32;1-3-2/h3,5-6,9,13-14,17,20-21,24,31,33H,2,4,7-8,10-12,15-16H2,1H3,(H,30,32);3H,1-2H3/t17?,20?,21?,24?,26?,27?,28-;/m0./s1. The number of pyridine rings is 1. The summed E-state index contributed by atoms with van der Waals surface area (Å²) in [6, 6.07) is 7.85. The first-order valence-corrected chi connectivity index (χ1v) is 13.7. The van der Waals surface area contributed by atoms with E-state index in [-0.39, 0.29) is 28.9 Å². The Morgan fingerprint density at radius 1 is 1.08 bits per heavy atom. The van der Waals surface area contributed by atoms with E-state index in [0.717, 1.165) is 30.2 Å². The number of hydrogen-bond acceptors (Lipinski definition) is 4. The first-order chi connectivity index (χ1) is 17.1. The number of aromatic nitrogens is 1. The van der Waals surface area contributed by atoms with Gasteiger partial charge in [0.1, 0.15) is 11.3 Å². The lowest BCUT2D eigenvalue weighted by Crippen LogP contribution is -2.62. The zero-order valence-electron chi connectivity index (χ0n) is 21.8. The minimum Gasteiger partial charge on any atom is -0.393 e. The minimum absolute atomic E-state index is 0.0947. The van der Waals surface area contributed by atoms with Gasteiger partial charge in [-0.3, -0.25) is 4.79 Å². The fourth-order valence-corrected chi connectivity index (χ4v) is 8.17. The second-order valence-corrected chi connectivity index (χ2v) is 12.1. The monoisotopic (exact) mass is 496 g/mol. The third kappa shape index (κ3) is 3.97. The fraction of sp³-hybridized carbons (Fsp3) is 0.633. The molecule has 0 aliphatic heterocycles. The topological polar surface area (TPSA) is 85.3 Å². The molecule has 3 saturated carbocycles. The number of fused-ring (bicyclic) bond motifs is 5. The van der Waals surface area contributed by atoms with Crippen LogP contribution < -0.4 is 10.9 Å². The lowest BCUT2D eigenvalue weighted by Gasteiger charge is -2.56. The summed E-state index contributed by atoms with van der Waals surface area (Å²) in [6.07, 6.45) is 9.46. The Labute approximate surface area is 213 Å². The summed E-state index contributed by atoms with van der Waals surface area (Å²) in [5, 5.41) is 26.7. The van der Waals surface area contributed by atoms with Crippen LogP contribution >= 0.6 is 0 Å². The van der Waals surface area contributed by atoms with Crippen molar-refractivity contribution in [3.05, 3.63) is 52.5 Å². The molecule has 1 aromatic heterocycles. The molecule has 0 amide bonds. The quantitative estimate of drug-likeness (QED) is 0.449. The van der Waals surface area contributed by atoms with Gasteiger partial charge in [0, 0.05) is 17.5 Å². The molecule has 6 unspecified atom stereocenters. The van der Waals surface area contributed by atoms with Crippen LogP contribution in [-0.2, 0) is 0 Å². The van der Waals surface area contributed by atoms with Crippen molar-refractivity contribution < 1.29 is 14.6 Å². The third-order valence-corrected chi connectivity index (χ3v) is 10.0. The van der Waals surface area contributed by atoms with E-state index in [1.165, 1.54) is 5.57 Å². The highest BCUT2D eigenvalue weighted by atomic mass is 19.1. The van der Waals surface area contributed by atoms with Crippen molar-refractivity contribution in [2.24, 2.45) is 23.2 Å². The smallest absolute Gasteiger partial charge is 0.255 e. The number of benzene rings is 1. The molecule has 7 atom stereocenters. The number of H-pyrrole nitrogens is 1. The fourth-order valence-electron chi connectivity index (χ4n) is 8.17. The van der Waals surface area contributed by atoms with E-state index in [0.29, 0.717) is 49.8 Å². The van der Waals surface area contributed by atoms with Gasteiger partial charge in [-0.25, -0.2) is 4.39 Å². The van der Waals surface area contributed by atoms with Crippen LogP contribution in [0.4, 0.5) is 4.39 Å². The molecule has 6 heteroatoms. The van der Waals surface area contributed by atoms with Crippen LogP contribution in [0.5, 0.6) is 0 Å². The summed E-state index contributed by atoms with van der Waals surface area (Å²) in [7, 11) is 3.75. The summed E-state index contributed by atoms with van der Waals surface area (Å²) in [5.74, 6) is 0.428. The predicted molar refractivity (Wildman–Crippen MR) is 142 cm³/mol. The number of aliphatic hydroxyl groups is 2. The van der Waals surface area contributed by atoms with Crippen LogP contribution in [0, 0.1) is 23.2 Å². The van der Waals surface area contributed by atoms with Gasteiger partial charge in [-0.1, -0.05) is 19.1 Å². The Balaban J connectivity index is 0.000000848. The Morgan fingerprint density at radius 3 is 2.64 bits per heavy atom. The largest absolute Gasteiger partial charge is 0.393 e. The molecule has 4 aliphatic carbocycles. The Bertz CT molecular complexity index is 1210. The Hall–Kier alpha value is -2.02. The summed E-state index contributed by atoms with van der Waals surface area (Å²) in [5.41, 5.74) is -1.07. The van der Waals surface area contributed by atoms with E-state index in [9.17, 15) is 15.0 Å². The predicted octanol–water partition coefficient (Wildman–Crippen LogP) is 4.97. The normalized spacial score (nSPS) is 39.7. The molecule has 1 heterocycles. The van der Waals surface area contributed by atoms with Gasteiger partial charge in [-0.2, -0.15) is 0 Å². The van der Waals surface area contributed by atoms with E-state index in [1.807, 2.05) is 32.3 Å². The van der Waals surface area contributed by atoms with Crippen LogP contribution in [0.25, 0.3) is 16.3 Å². The molecular formula is C30H41FN2O3. The van der Waals surface area contributed by atoms with Crippen LogP contribution in [0.15, 0.2) is 41.3 Å². The lowest BCUT2D eigenvalue weighted by molar-refractivity contribution is -0.195. The summed E-state index contributed by atoms with van der Waals surface area (Å²) >= 11 is 0. The van der Waals surface area contributed by atoms with Gasteiger partial charge in [-0.15, -0.1) is 0 Å². The molecule has 5 nitrogen and oxygen atoms in total. The average Bonchev–Trinajstić information content (AvgIpc) is 3.15. The highest BCUT2D eigenvalue weighted by Crippen LogP contribution is 2.66. The number of allylic oxidation sites excluding steroid dienone is 2. The van der Waals surface area contributed by atoms with Crippen molar-refractivity contribution in [2.45, 2.75) is 82.1 Å². The number of aromatic amines is 1. The molecule has 2 aromatic rings. The van der Waals surface area contributed by atoms with Crippen molar-refractivity contribution in [3.63, 3.8) is 0 Å². The molecule has 0 saturated heterocycles. The molecule has 6 rings (SSSR count). The molecule has 3 fully saturated rings. The van der Waals surface area contributed by atoms with Gasteiger partial charge < -0.3 is 20.5 Å². The van der Waals surface area contributed by atoms with Gasteiger partial charge in [0.25, 0.3) is 5.56 Å². The molecule has 0 spiro atoms. The third-order valence-electron chi connectivity index (χ3n) is 10.0. The maximum atomic E-state index is 16.8. The van der Waals surface area contributed by atoms with E-state index in [4.69, 9.17) is 0 Å². The van der Waals surface area contributed by atoms with Crippen LogP contribution in [0.2, 0.25) is 0 Å². The molecule has 1 aromatic carbocycles. The maximum Gasteiger partial charge on any atom is 0.255 e. The lowest BCUT2D eigenvalue weighted by atomic mass is 9.53. The van der Waals surface area contributed by atoms with E-state index < -0.39 is 11.3 Å². The average molecular weight is 497 g/mol. The summed E-state index contributed by atoms with van der Waals surface area (Å²) < 4.78 is 16.8. The van der Waals surface area contributed by atoms with Crippen molar-refractivity contribution in [2.75, 3.05) is 14.1 Å². The second kappa shape index (κ2) is 9.38. The number of alkyl halides is 1. The van der Waals surface area contributed by atoms with Crippen molar-refractivity contribution in [1.82, 2.24) is 10.3 Å². The van der Waals surface area contributed by atoms with Gasteiger partial charge >= 0.3 is 0 Å². The number of rotatable bonds is 1. The van der Waals surface area contributed by atoms with E-state index in [1.54, 1.807) is 6.20 Å². The second-order valence-electron chi connectivity index (χ2n) is 12.1. The molecule has 196 valence electrons. The number of halogens is 1. The molecule has 4 N–H and O–H groups in total. The Kier molecular flexibility index (Phi) is 6.67. The highest BCUT2D eigenvalue weighted by Gasteiger charge is 2.66. The maximum absolute atomic E-state index is 16.8. The van der Waals surface area contributed by atoms with Gasteiger partial charge in [0.15, 0.2) is 0 Å². The summed E-state index contributed by atoms with van der Waals surface area (Å²) in [4.78, 5) is 14.9. The molecule has 4 aliphatic rings. The van der Waals surface area contributed by atoms with Crippen LogP contribution in [0.1, 0.15) is 70.3 Å². The summed E-state index contributed by atoms with van der Waals surface area (Å²) in [6.45, 7) is 2.21. The van der Waals surface area contributed by atoms with Gasteiger partial charge in [0.2, 0.25) is 0 Å². The van der Waals surface area contributed by atoms with Crippen molar-refractivity contribution in [3.8, 4) is 0 Å². The minimum atomic E-state index is -1.59. The van der Waals surface area contributed by atoms with Crippen molar-refractivity contribution >= 4 is 16.3 Å². The van der Waals surface area contributed by atoms with Gasteiger partial charge in [-0.05, 0) is 124 Å². The number of hydrogen-bond donors (Lipinski definition) is 4. The number of aliphatic hydroxyl groups excluding tert-OH is 1. The molecule has 0 bridgehead atoms. The van der Waals surface area contributed by atoms with Crippen LogP contribution in [-0.4, -0.2) is 46.7 Å². The molecular weight excluding hydrogens is 455 g/mol. The first kappa shape index (κ1) is 25.6. The van der Waals surface area contributed by atoms with Gasteiger partial charge in [0.05, 0.1) is 6.10 Å². The van der Waals surface area contributed by atoms with E-state index in [2.05, 4.69) is 29.4 Å². The molecule has 36 heavy (non-hydrogen) atoms. The van der Waals surface area contributed by atoms with Crippen LogP contribution in [0.3, 0.4) is 0 Å². The SMILES string of the molecule is CC12CCC3(F)CC4CC(O)CCC4CC[C@]3(O)C1CC=C2c1ccc2c(=O)[nH]ccc2c1.CNC. The highest BCUT2D eigenvalue weighted by molar-refractivity contribution is 5.86. The Morgan fingerprint density at radius 2 is 1.86 bits per heavy atom. The first-order valence-electron chi connectivity index (χ1n) is 13.7. The molecule has 0 radical (unpaired) electrons.